The molecule has 0 aliphatic carbocycles. The summed E-state index contributed by atoms with van der Waals surface area (Å²) in [4.78, 5) is 25.7. The molecule has 1 amide bonds. The van der Waals surface area contributed by atoms with Crippen molar-refractivity contribution in [3.8, 4) is 5.75 Å². The van der Waals surface area contributed by atoms with Gasteiger partial charge in [-0.2, -0.15) is 0 Å². The van der Waals surface area contributed by atoms with Crippen LogP contribution in [0.25, 0.3) is 0 Å². The molecular weight excluding hydrogens is 372 g/mol. The number of aliphatic carboxylic acids is 1. The Balaban J connectivity index is 2.21. The van der Waals surface area contributed by atoms with Gasteiger partial charge in [0.2, 0.25) is 10.0 Å². The summed E-state index contributed by atoms with van der Waals surface area (Å²) in [7, 11) is -1.75. The zero-order valence-electron chi connectivity index (χ0n) is 15.8. The van der Waals surface area contributed by atoms with Crippen LogP contribution >= 0.6 is 0 Å². The SMILES string of the molecule is CCS(=O)(=O)N1CCC(N(CC(=O)O)C(=O)c2ccc(OC)cc2C)CC1. The average molecular weight is 398 g/mol. The number of methoxy groups -OCH3 is 1. The van der Waals surface area contributed by atoms with Crippen molar-refractivity contribution in [3.63, 3.8) is 0 Å². The van der Waals surface area contributed by atoms with Gasteiger partial charge in [-0.1, -0.05) is 0 Å². The van der Waals surface area contributed by atoms with Gasteiger partial charge in [0, 0.05) is 24.7 Å². The molecule has 8 nitrogen and oxygen atoms in total. The van der Waals surface area contributed by atoms with Gasteiger partial charge in [0.05, 0.1) is 12.9 Å². The van der Waals surface area contributed by atoms with Crippen molar-refractivity contribution in [2.45, 2.75) is 32.7 Å². The quantitative estimate of drug-likeness (QED) is 0.743. The number of carboxylic acid groups (broad SMARTS) is 1. The Hall–Kier alpha value is -2.13. The number of nitrogens with zero attached hydrogens (tertiary/aromatic N) is 2. The van der Waals surface area contributed by atoms with E-state index in [1.807, 2.05) is 0 Å². The molecule has 0 bridgehead atoms. The maximum Gasteiger partial charge on any atom is 0.323 e. The fraction of sp³-hybridized carbons (Fsp3) is 0.556. The highest BCUT2D eigenvalue weighted by atomic mass is 32.2. The Morgan fingerprint density at radius 2 is 1.93 bits per heavy atom. The minimum absolute atomic E-state index is 0.0283. The van der Waals surface area contributed by atoms with Crippen LogP contribution in [0.1, 0.15) is 35.7 Å². The molecule has 1 aliphatic heterocycles. The van der Waals surface area contributed by atoms with Gasteiger partial charge in [0.1, 0.15) is 12.3 Å². The third-order valence-electron chi connectivity index (χ3n) is 4.85. The maximum absolute atomic E-state index is 13.0. The summed E-state index contributed by atoms with van der Waals surface area (Å²) < 4.78 is 30.6. The van der Waals surface area contributed by atoms with Crippen LogP contribution in [0.2, 0.25) is 0 Å². The number of benzene rings is 1. The average Bonchev–Trinajstić information content (AvgIpc) is 2.65. The lowest BCUT2D eigenvalue weighted by Gasteiger charge is -2.37. The standard InChI is InChI=1S/C18H26N2O6S/c1-4-27(24,25)19-9-7-14(8-10-19)20(12-17(21)22)18(23)16-6-5-15(26-3)11-13(16)2/h5-6,11,14H,4,7-10,12H2,1-3H3,(H,21,22). The number of aryl methyl sites for hydroxylation is 1. The minimum atomic E-state index is -3.28. The summed E-state index contributed by atoms with van der Waals surface area (Å²) in [6, 6.07) is 4.69. The molecule has 0 spiro atoms. The molecule has 1 aromatic carbocycles. The summed E-state index contributed by atoms with van der Waals surface area (Å²) in [5, 5.41) is 9.26. The van der Waals surface area contributed by atoms with Crippen molar-refractivity contribution in [2.24, 2.45) is 0 Å². The number of ether oxygens (including phenoxy) is 1. The molecule has 1 aliphatic rings. The van der Waals surface area contributed by atoms with Crippen molar-refractivity contribution in [1.82, 2.24) is 9.21 Å². The molecule has 150 valence electrons. The first-order chi connectivity index (χ1) is 12.7. The first kappa shape index (κ1) is 21.2. The van der Waals surface area contributed by atoms with Crippen molar-refractivity contribution in [2.75, 3.05) is 32.5 Å². The molecule has 0 saturated carbocycles. The molecule has 0 aromatic heterocycles. The van der Waals surface area contributed by atoms with Crippen molar-refractivity contribution >= 4 is 21.9 Å². The summed E-state index contributed by atoms with van der Waals surface area (Å²) in [5.74, 6) is -0.820. The van der Waals surface area contributed by atoms with Gasteiger partial charge >= 0.3 is 5.97 Å². The van der Waals surface area contributed by atoms with E-state index in [0.29, 0.717) is 29.7 Å². The second-order valence-corrected chi connectivity index (χ2v) is 8.80. The third kappa shape index (κ3) is 4.98. The first-order valence-electron chi connectivity index (χ1n) is 8.84. The number of hydrogen-bond donors (Lipinski definition) is 1. The first-order valence-corrected chi connectivity index (χ1v) is 10.5. The van der Waals surface area contributed by atoms with Gasteiger partial charge in [0.15, 0.2) is 0 Å². The molecule has 1 saturated heterocycles. The number of carbonyl (C=O) groups is 2. The Kier molecular flexibility index (Phi) is 6.83. The van der Waals surface area contributed by atoms with Gasteiger partial charge in [-0.25, -0.2) is 12.7 Å². The predicted octanol–water partition coefficient (Wildman–Crippen LogP) is 1.34. The monoisotopic (exact) mass is 398 g/mol. The van der Waals surface area contributed by atoms with E-state index in [1.54, 1.807) is 32.0 Å². The van der Waals surface area contributed by atoms with Crippen LogP contribution in [0.4, 0.5) is 0 Å². The number of sulfonamides is 1. The van der Waals surface area contributed by atoms with E-state index < -0.39 is 22.5 Å². The molecular formula is C18H26N2O6S. The molecule has 0 unspecified atom stereocenters. The lowest BCUT2D eigenvalue weighted by molar-refractivity contribution is -0.138. The summed E-state index contributed by atoms with van der Waals surface area (Å²) in [6.07, 6.45) is 0.820. The molecule has 9 heteroatoms. The normalized spacial score (nSPS) is 16.1. The van der Waals surface area contributed by atoms with Crippen LogP contribution in [-0.2, 0) is 14.8 Å². The van der Waals surface area contributed by atoms with E-state index >= 15 is 0 Å². The van der Waals surface area contributed by atoms with Crippen LogP contribution in [0, 0.1) is 6.92 Å². The molecule has 27 heavy (non-hydrogen) atoms. The van der Waals surface area contributed by atoms with Crippen LogP contribution < -0.4 is 4.74 Å². The van der Waals surface area contributed by atoms with Gasteiger partial charge in [0.25, 0.3) is 5.91 Å². The fourth-order valence-electron chi connectivity index (χ4n) is 3.28. The molecule has 2 rings (SSSR count). The number of carboxylic acids is 1. The van der Waals surface area contributed by atoms with Crippen LogP contribution in [0.5, 0.6) is 5.75 Å². The lowest BCUT2D eigenvalue weighted by Crippen LogP contribution is -2.50. The minimum Gasteiger partial charge on any atom is -0.497 e. The number of amides is 1. The van der Waals surface area contributed by atoms with Crippen molar-refractivity contribution < 1.29 is 27.9 Å². The van der Waals surface area contributed by atoms with E-state index in [1.165, 1.54) is 16.3 Å². The Bertz CT molecular complexity index is 800. The highest BCUT2D eigenvalue weighted by molar-refractivity contribution is 7.89. The Labute approximate surface area is 159 Å². The second-order valence-electron chi connectivity index (χ2n) is 6.54. The predicted molar refractivity (Wildman–Crippen MR) is 100 cm³/mol. The van der Waals surface area contributed by atoms with E-state index in [2.05, 4.69) is 0 Å². The molecule has 1 fully saturated rings. The van der Waals surface area contributed by atoms with E-state index in [4.69, 9.17) is 4.74 Å². The molecule has 1 heterocycles. The fourth-order valence-corrected chi connectivity index (χ4v) is 4.42. The highest BCUT2D eigenvalue weighted by Crippen LogP contribution is 2.24. The molecule has 1 aromatic rings. The number of rotatable bonds is 7. The van der Waals surface area contributed by atoms with Crippen LogP contribution in [0.15, 0.2) is 18.2 Å². The molecule has 0 atom stereocenters. The van der Waals surface area contributed by atoms with Gasteiger partial charge < -0.3 is 14.7 Å². The zero-order chi connectivity index (χ0) is 20.2. The summed E-state index contributed by atoms with van der Waals surface area (Å²) in [5.41, 5.74) is 1.11. The van der Waals surface area contributed by atoms with Crippen molar-refractivity contribution in [3.05, 3.63) is 29.3 Å². The van der Waals surface area contributed by atoms with E-state index in [9.17, 15) is 23.1 Å². The zero-order valence-corrected chi connectivity index (χ0v) is 16.7. The Morgan fingerprint density at radius 1 is 1.30 bits per heavy atom. The largest absolute Gasteiger partial charge is 0.497 e. The van der Waals surface area contributed by atoms with Crippen LogP contribution in [-0.4, -0.2) is 73.1 Å². The smallest absolute Gasteiger partial charge is 0.323 e. The lowest BCUT2D eigenvalue weighted by atomic mass is 10.0. The topological polar surface area (TPSA) is 104 Å². The van der Waals surface area contributed by atoms with E-state index in [0.717, 1.165) is 0 Å². The highest BCUT2D eigenvalue weighted by Gasteiger charge is 2.33. The van der Waals surface area contributed by atoms with E-state index in [-0.39, 0.29) is 30.8 Å². The maximum atomic E-state index is 13.0. The van der Waals surface area contributed by atoms with Crippen molar-refractivity contribution in [1.29, 1.82) is 0 Å². The number of piperidine rings is 1. The third-order valence-corrected chi connectivity index (χ3v) is 6.73. The van der Waals surface area contributed by atoms with Crippen LogP contribution in [0.3, 0.4) is 0 Å². The van der Waals surface area contributed by atoms with Gasteiger partial charge in [-0.3, -0.25) is 9.59 Å². The number of carbonyl (C=O) groups excluding carboxylic acids is 1. The summed E-state index contributed by atoms with van der Waals surface area (Å²) in [6.45, 7) is 3.51. The Morgan fingerprint density at radius 3 is 2.41 bits per heavy atom. The van der Waals surface area contributed by atoms with Gasteiger partial charge in [-0.05, 0) is 50.5 Å². The molecule has 1 N–H and O–H groups in total. The number of hydrogen-bond acceptors (Lipinski definition) is 5. The second kappa shape index (κ2) is 8.71. The molecule has 0 radical (unpaired) electrons. The summed E-state index contributed by atoms with van der Waals surface area (Å²) >= 11 is 0. The van der Waals surface area contributed by atoms with Gasteiger partial charge in [-0.15, -0.1) is 0 Å².